The van der Waals surface area contributed by atoms with Crippen molar-refractivity contribution in [1.29, 1.82) is 0 Å². The molecular weight excluding hydrogens is 318 g/mol. The van der Waals surface area contributed by atoms with Gasteiger partial charge in [-0.2, -0.15) is 0 Å². The highest BCUT2D eigenvalue weighted by molar-refractivity contribution is 7.94. The molecule has 1 spiro atoms. The summed E-state index contributed by atoms with van der Waals surface area (Å²) >= 11 is 0. The first-order valence-electron chi connectivity index (χ1n) is 8.47. The average molecular weight is 345 g/mol. The molecule has 2 aliphatic heterocycles. The van der Waals surface area contributed by atoms with E-state index in [9.17, 15) is 13.2 Å². The van der Waals surface area contributed by atoms with Gasteiger partial charge in [0.15, 0.2) is 9.84 Å². The second-order valence-electron chi connectivity index (χ2n) is 7.65. The van der Waals surface area contributed by atoms with Crippen molar-refractivity contribution < 1.29 is 22.7 Å². The van der Waals surface area contributed by atoms with Gasteiger partial charge in [-0.25, -0.2) is 8.42 Å². The van der Waals surface area contributed by atoms with Gasteiger partial charge in [0.1, 0.15) is 4.75 Å². The highest BCUT2D eigenvalue weighted by Crippen LogP contribution is 2.39. The monoisotopic (exact) mass is 345 g/mol. The quantitative estimate of drug-likeness (QED) is 0.763. The molecule has 1 saturated carbocycles. The van der Waals surface area contributed by atoms with E-state index in [4.69, 9.17) is 9.47 Å². The van der Waals surface area contributed by atoms with Crippen LogP contribution in [0.25, 0.3) is 0 Å². The fourth-order valence-corrected chi connectivity index (χ4v) is 5.53. The van der Waals surface area contributed by atoms with Crippen LogP contribution < -0.4 is 0 Å². The Morgan fingerprint density at radius 2 is 1.78 bits per heavy atom. The molecule has 3 fully saturated rings. The van der Waals surface area contributed by atoms with E-state index < -0.39 is 14.6 Å². The Balaban J connectivity index is 1.80. The summed E-state index contributed by atoms with van der Waals surface area (Å²) in [5, 5.41) is -0.332. The van der Waals surface area contributed by atoms with Gasteiger partial charge < -0.3 is 14.4 Å². The minimum atomic E-state index is -3.42. The molecule has 23 heavy (non-hydrogen) atoms. The normalized spacial score (nSPS) is 26.1. The maximum Gasteiger partial charge on any atom is 0.243 e. The fourth-order valence-electron chi connectivity index (χ4n) is 3.57. The van der Waals surface area contributed by atoms with Crippen LogP contribution in [0.1, 0.15) is 39.5 Å². The van der Waals surface area contributed by atoms with Crippen molar-refractivity contribution in [2.45, 2.75) is 49.5 Å². The SMILES string of the molecule is CC(C)(C(=O)N1CCOCC2(CCOCC2)C1)S(=O)(=O)C1CC1. The van der Waals surface area contributed by atoms with Crippen LogP contribution in [0.3, 0.4) is 0 Å². The Labute approximate surface area is 138 Å². The predicted molar refractivity (Wildman–Crippen MR) is 85.9 cm³/mol. The van der Waals surface area contributed by atoms with E-state index in [-0.39, 0.29) is 16.6 Å². The van der Waals surface area contributed by atoms with Crippen molar-refractivity contribution in [2.75, 3.05) is 39.5 Å². The zero-order valence-corrected chi connectivity index (χ0v) is 14.9. The third-order valence-corrected chi connectivity index (χ3v) is 8.42. The van der Waals surface area contributed by atoms with Gasteiger partial charge in [-0.1, -0.05) is 0 Å². The first-order chi connectivity index (χ1) is 10.8. The molecule has 0 bridgehead atoms. The maximum atomic E-state index is 13.0. The van der Waals surface area contributed by atoms with E-state index in [1.54, 1.807) is 18.7 Å². The molecule has 3 aliphatic rings. The molecule has 0 unspecified atom stereocenters. The van der Waals surface area contributed by atoms with Crippen LogP contribution in [0.4, 0.5) is 0 Å². The first-order valence-corrected chi connectivity index (χ1v) is 10.0. The Morgan fingerprint density at radius 3 is 2.39 bits per heavy atom. The number of sulfone groups is 1. The third kappa shape index (κ3) is 3.15. The minimum absolute atomic E-state index is 0.0934. The summed E-state index contributed by atoms with van der Waals surface area (Å²) in [6.45, 7) is 6.59. The standard InChI is InChI=1S/C16H27NO5S/c1-15(2,23(19,20)13-3-4-13)14(18)17-7-10-22-12-16(11-17)5-8-21-9-6-16/h13H,3-12H2,1-2H3. The van der Waals surface area contributed by atoms with Crippen LogP contribution in [-0.4, -0.2) is 68.7 Å². The highest BCUT2D eigenvalue weighted by Gasteiger charge is 2.52. The molecule has 2 saturated heterocycles. The van der Waals surface area contributed by atoms with Gasteiger partial charge in [0.05, 0.1) is 18.5 Å². The highest BCUT2D eigenvalue weighted by atomic mass is 32.2. The third-order valence-electron chi connectivity index (χ3n) is 5.47. The van der Waals surface area contributed by atoms with Crippen molar-refractivity contribution in [2.24, 2.45) is 5.41 Å². The summed E-state index contributed by atoms with van der Waals surface area (Å²) in [4.78, 5) is 14.8. The summed E-state index contributed by atoms with van der Waals surface area (Å²) in [6.07, 6.45) is 3.08. The molecule has 0 aromatic carbocycles. The molecule has 1 aliphatic carbocycles. The van der Waals surface area contributed by atoms with Crippen LogP contribution in [0.5, 0.6) is 0 Å². The Morgan fingerprint density at radius 1 is 1.13 bits per heavy atom. The molecule has 2 heterocycles. The molecule has 0 aromatic heterocycles. The maximum absolute atomic E-state index is 13.0. The number of nitrogens with zero attached hydrogens (tertiary/aromatic N) is 1. The van der Waals surface area contributed by atoms with Crippen LogP contribution in [0.15, 0.2) is 0 Å². The number of carbonyl (C=O) groups is 1. The number of rotatable bonds is 3. The van der Waals surface area contributed by atoms with Crippen LogP contribution in [0, 0.1) is 5.41 Å². The lowest BCUT2D eigenvalue weighted by molar-refractivity contribution is -0.135. The molecule has 0 N–H and O–H groups in total. The molecule has 1 amide bonds. The van der Waals surface area contributed by atoms with E-state index in [0.29, 0.717) is 52.4 Å². The largest absolute Gasteiger partial charge is 0.381 e. The van der Waals surface area contributed by atoms with E-state index >= 15 is 0 Å². The molecule has 0 atom stereocenters. The first kappa shape index (κ1) is 17.2. The summed E-state index contributed by atoms with van der Waals surface area (Å²) in [5.74, 6) is -0.277. The van der Waals surface area contributed by atoms with Crippen molar-refractivity contribution in [3.63, 3.8) is 0 Å². The fraction of sp³-hybridized carbons (Fsp3) is 0.938. The van der Waals surface area contributed by atoms with Gasteiger partial charge in [0.25, 0.3) is 0 Å². The number of hydrogen-bond donors (Lipinski definition) is 0. The van der Waals surface area contributed by atoms with Gasteiger partial charge in [-0.15, -0.1) is 0 Å². The smallest absolute Gasteiger partial charge is 0.243 e. The lowest BCUT2D eigenvalue weighted by Gasteiger charge is -2.40. The second kappa shape index (κ2) is 6.01. The van der Waals surface area contributed by atoms with E-state index in [1.165, 1.54) is 0 Å². The van der Waals surface area contributed by atoms with Crippen molar-refractivity contribution in [3.8, 4) is 0 Å². The summed E-state index contributed by atoms with van der Waals surface area (Å²) in [5.41, 5.74) is -0.0934. The van der Waals surface area contributed by atoms with E-state index in [0.717, 1.165) is 12.8 Å². The predicted octanol–water partition coefficient (Wildman–Crippen LogP) is 0.998. The van der Waals surface area contributed by atoms with Crippen LogP contribution in [0.2, 0.25) is 0 Å². The number of ether oxygens (including phenoxy) is 2. The summed E-state index contributed by atoms with van der Waals surface area (Å²) in [6, 6.07) is 0. The zero-order chi connectivity index (χ0) is 16.7. The lowest BCUT2D eigenvalue weighted by Crippen LogP contribution is -2.54. The number of hydrogen-bond acceptors (Lipinski definition) is 5. The lowest BCUT2D eigenvalue weighted by atomic mass is 9.80. The van der Waals surface area contributed by atoms with E-state index in [2.05, 4.69) is 0 Å². The van der Waals surface area contributed by atoms with Gasteiger partial charge in [0.2, 0.25) is 5.91 Å². The Bertz CT molecular complexity index is 561. The number of amides is 1. The topological polar surface area (TPSA) is 72.9 Å². The average Bonchev–Trinajstić information content (AvgIpc) is 3.35. The van der Waals surface area contributed by atoms with Crippen LogP contribution >= 0.6 is 0 Å². The van der Waals surface area contributed by atoms with E-state index in [1.807, 2.05) is 0 Å². The Kier molecular flexibility index (Phi) is 4.48. The van der Waals surface area contributed by atoms with Gasteiger partial charge >= 0.3 is 0 Å². The summed E-state index contributed by atoms with van der Waals surface area (Å²) < 4.78 is 35.1. The van der Waals surface area contributed by atoms with Gasteiger partial charge in [0, 0.05) is 31.7 Å². The van der Waals surface area contributed by atoms with Crippen LogP contribution in [-0.2, 0) is 24.1 Å². The molecule has 3 rings (SSSR count). The number of carbonyl (C=O) groups excluding carboxylic acids is 1. The summed E-state index contributed by atoms with van der Waals surface area (Å²) in [7, 11) is -3.42. The molecule has 0 aromatic rings. The van der Waals surface area contributed by atoms with Crippen molar-refractivity contribution in [1.82, 2.24) is 4.90 Å². The molecule has 7 heteroatoms. The molecule has 0 radical (unpaired) electrons. The molecule has 132 valence electrons. The second-order valence-corrected chi connectivity index (χ2v) is 10.4. The molecule has 6 nitrogen and oxygen atoms in total. The minimum Gasteiger partial charge on any atom is -0.381 e. The molecular formula is C16H27NO5S. The van der Waals surface area contributed by atoms with Gasteiger partial charge in [-0.3, -0.25) is 4.79 Å². The zero-order valence-electron chi connectivity index (χ0n) is 14.0. The van der Waals surface area contributed by atoms with Crippen molar-refractivity contribution >= 4 is 15.7 Å². The van der Waals surface area contributed by atoms with Gasteiger partial charge in [-0.05, 0) is 39.5 Å². The Hall–Kier alpha value is -0.660. The van der Waals surface area contributed by atoms with Crippen molar-refractivity contribution in [3.05, 3.63) is 0 Å².